The van der Waals surface area contributed by atoms with Gasteiger partial charge in [-0.3, -0.25) is 0 Å². The first-order valence-corrected chi connectivity index (χ1v) is 4.73. The van der Waals surface area contributed by atoms with E-state index in [1.165, 1.54) is 0 Å². The van der Waals surface area contributed by atoms with Crippen LogP contribution >= 0.6 is 0 Å². The van der Waals surface area contributed by atoms with E-state index < -0.39 is 41.7 Å². The van der Waals surface area contributed by atoms with Crippen molar-refractivity contribution in [1.29, 1.82) is 0 Å². The third kappa shape index (κ3) is 4.34. The molecule has 19 heavy (non-hydrogen) atoms. The molecule has 3 nitrogen and oxygen atoms in total. The molecular formula is C10H6F6NO2-. The maximum atomic E-state index is 12.4. The van der Waals surface area contributed by atoms with Crippen LogP contribution in [0.4, 0.5) is 31.1 Å². The molecule has 0 heterocycles. The Balaban J connectivity index is 3.21. The van der Waals surface area contributed by atoms with Crippen LogP contribution in [0.5, 0.6) is 0 Å². The summed E-state index contributed by atoms with van der Waals surface area (Å²) < 4.78 is 74.5. The van der Waals surface area contributed by atoms with Crippen molar-refractivity contribution in [1.82, 2.24) is 5.32 Å². The van der Waals surface area contributed by atoms with Gasteiger partial charge in [-0.25, -0.2) is 0 Å². The second kappa shape index (κ2) is 4.98. The molecule has 1 N–H and O–H groups in total. The Hall–Kier alpha value is -1.93. The van der Waals surface area contributed by atoms with Crippen molar-refractivity contribution in [2.24, 2.45) is 0 Å². The average molecular weight is 286 g/mol. The molecular weight excluding hydrogens is 280 g/mol. The normalized spacial score (nSPS) is 12.3. The molecule has 9 heteroatoms. The number of alkyl halides is 6. The molecule has 1 amide bonds. The largest absolute Gasteiger partial charge is 0.530 e. The highest BCUT2D eigenvalue weighted by Gasteiger charge is 2.36. The van der Waals surface area contributed by atoms with E-state index in [0.717, 1.165) is 0 Å². The second-order valence-corrected chi connectivity index (χ2v) is 3.56. The van der Waals surface area contributed by atoms with Crippen LogP contribution in [-0.2, 0) is 18.9 Å². The first kappa shape index (κ1) is 15.1. The maximum absolute atomic E-state index is 12.4. The predicted octanol–water partition coefficient (Wildman–Crippen LogP) is 2.16. The molecule has 1 rings (SSSR count). The fourth-order valence-corrected chi connectivity index (χ4v) is 1.30. The minimum absolute atomic E-state index is 0.0392. The summed E-state index contributed by atoms with van der Waals surface area (Å²) in [6.45, 7) is -0.713. The van der Waals surface area contributed by atoms with Gasteiger partial charge < -0.3 is 15.2 Å². The first-order valence-electron chi connectivity index (χ1n) is 4.73. The SMILES string of the molecule is O=C([O-])NCc1cc(C(F)(F)F)cc(C(F)(F)F)c1. The van der Waals surface area contributed by atoms with Crippen LogP contribution in [-0.4, -0.2) is 6.09 Å². The summed E-state index contributed by atoms with van der Waals surface area (Å²) in [5, 5.41) is 11.7. The van der Waals surface area contributed by atoms with E-state index in [-0.39, 0.29) is 6.07 Å². The molecule has 0 aliphatic heterocycles. The predicted molar refractivity (Wildman–Crippen MR) is 48.7 cm³/mol. The number of carboxylic acid groups (broad SMARTS) is 1. The summed E-state index contributed by atoms with van der Waals surface area (Å²) in [6, 6.07) is 0.832. The molecule has 0 spiro atoms. The van der Waals surface area contributed by atoms with Crippen LogP contribution in [0.3, 0.4) is 0 Å². The van der Waals surface area contributed by atoms with Crippen LogP contribution in [0.2, 0.25) is 0 Å². The molecule has 0 saturated heterocycles. The highest BCUT2D eigenvalue weighted by molar-refractivity contribution is 5.61. The lowest BCUT2D eigenvalue weighted by Crippen LogP contribution is -2.36. The molecule has 0 atom stereocenters. The topological polar surface area (TPSA) is 52.2 Å². The van der Waals surface area contributed by atoms with E-state index >= 15 is 0 Å². The van der Waals surface area contributed by atoms with Gasteiger partial charge in [0.15, 0.2) is 0 Å². The summed E-state index contributed by atoms with van der Waals surface area (Å²) in [5.74, 6) is 0. The molecule has 0 aromatic heterocycles. The minimum atomic E-state index is -4.96. The number of carbonyl (C=O) groups is 1. The smallest absolute Gasteiger partial charge is 0.416 e. The molecule has 0 fully saturated rings. The Kier molecular flexibility index (Phi) is 3.97. The Morgan fingerprint density at radius 3 is 1.74 bits per heavy atom. The van der Waals surface area contributed by atoms with Gasteiger partial charge >= 0.3 is 12.4 Å². The van der Waals surface area contributed by atoms with Gasteiger partial charge in [-0.15, -0.1) is 0 Å². The van der Waals surface area contributed by atoms with Crippen molar-refractivity contribution in [2.75, 3.05) is 0 Å². The number of rotatable bonds is 2. The lowest BCUT2D eigenvalue weighted by atomic mass is 10.0. The van der Waals surface area contributed by atoms with Crippen LogP contribution in [0.15, 0.2) is 18.2 Å². The van der Waals surface area contributed by atoms with E-state index in [9.17, 15) is 36.2 Å². The van der Waals surface area contributed by atoms with Gasteiger partial charge in [0.25, 0.3) is 0 Å². The summed E-state index contributed by atoms with van der Waals surface area (Å²) in [7, 11) is 0. The van der Waals surface area contributed by atoms with Gasteiger partial charge in [0, 0.05) is 6.54 Å². The molecule has 0 unspecified atom stereocenters. The van der Waals surface area contributed by atoms with Crippen LogP contribution in [0.1, 0.15) is 16.7 Å². The molecule has 1 aromatic carbocycles. The van der Waals surface area contributed by atoms with Gasteiger partial charge in [-0.2, -0.15) is 26.3 Å². The minimum Gasteiger partial charge on any atom is -0.530 e. The average Bonchev–Trinajstić information content (AvgIpc) is 2.23. The standard InChI is InChI=1S/C10H7F6NO2/c11-9(12,13)6-1-5(4-17-8(18)19)2-7(3-6)10(14,15)16/h1-3,17H,4H2,(H,18,19)/p-1. The fraction of sp³-hybridized carbons (Fsp3) is 0.300. The summed E-state index contributed by atoms with van der Waals surface area (Å²) in [6.07, 6.45) is -11.7. The molecule has 0 radical (unpaired) electrons. The Bertz CT molecular complexity index is 448. The van der Waals surface area contributed by atoms with Crippen molar-refractivity contribution in [3.05, 3.63) is 34.9 Å². The Morgan fingerprint density at radius 1 is 1.00 bits per heavy atom. The van der Waals surface area contributed by atoms with Crippen molar-refractivity contribution in [3.63, 3.8) is 0 Å². The van der Waals surface area contributed by atoms with Crippen molar-refractivity contribution in [2.45, 2.75) is 18.9 Å². The molecule has 0 aliphatic rings. The van der Waals surface area contributed by atoms with Gasteiger partial charge in [-0.05, 0) is 23.8 Å². The van der Waals surface area contributed by atoms with Crippen molar-refractivity contribution < 1.29 is 36.2 Å². The number of hydrogen-bond acceptors (Lipinski definition) is 2. The number of nitrogens with one attached hydrogen (secondary N) is 1. The number of halogens is 6. The third-order valence-electron chi connectivity index (χ3n) is 2.08. The zero-order valence-corrected chi connectivity index (χ0v) is 9.02. The highest BCUT2D eigenvalue weighted by atomic mass is 19.4. The van der Waals surface area contributed by atoms with Crippen LogP contribution in [0, 0.1) is 0 Å². The summed E-state index contributed by atoms with van der Waals surface area (Å²) in [5.41, 5.74) is -3.47. The monoisotopic (exact) mass is 286 g/mol. The number of amides is 1. The molecule has 0 saturated carbocycles. The van der Waals surface area contributed by atoms with E-state index in [1.54, 1.807) is 5.32 Å². The quantitative estimate of drug-likeness (QED) is 0.847. The van der Waals surface area contributed by atoms with Gasteiger partial charge in [0.2, 0.25) is 0 Å². The van der Waals surface area contributed by atoms with E-state index in [2.05, 4.69) is 0 Å². The number of hydrogen-bond donors (Lipinski definition) is 1. The molecule has 0 aliphatic carbocycles. The van der Waals surface area contributed by atoms with E-state index in [4.69, 9.17) is 0 Å². The summed E-state index contributed by atoms with van der Waals surface area (Å²) in [4.78, 5) is 10.1. The van der Waals surface area contributed by atoms with Crippen LogP contribution < -0.4 is 10.4 Å². The van der Waals surface area contributed by atoms with Gasteiger partial charge in [0.05, 0.1) is 11.1 Å². The van der Waals surface area contributed by atoms with Gasteiger partial charge in [0.1, 0.15) is 6.09 Å². The van der Waals surface area contributed by atoms with Crippen LogP contribution in [0.25, 0.3) is 0 Å². The van der Waals surface area contributed by atoms with E-state index in [0.29, 0.717) is 12.1 Å². The van der Waals surface area contributed by atoms with Crippen molar-refractivity contribution in [3.8, 4) is 0 Å². The first-order chi connectivity index (χ1) is 8.50. The number of benzene rings is 1. The maximum Gasteiger partial charge on any atom is 0.416 e. The lowest BCUT2D eigenvalue weighted by Gasteiger charge is -2.15. The Morgan fingerprint density at radius 2 is 1.42 bits per heavy atom. The Labute approximate surface area is 102 Å². The second-order valence-electron chi connectivity index (χ2n) is 3.56. The van der Waals surface area contributed by atoms with E-state index in [1.807, 2.05) is 0 Å². The third-order valence-corrected chi connectivity index (χ3v) is 2.08. The zero-order valence-electron chi connectivity index (χ0n) is 9.02. The fourth-order valence-electron chi connectivity index (χ4n) is 1.30. The zero-order chi connectivity index (χ0) is 14.8. The molecule has 1 aromatic rings. The number of carbonyl (C=O) groups excluding carboxylic acids is 1. The molecule has 0 bridgehead atoms. The van der Waals surface area contributed by atoms with Gasteiger partial charge in [-0.1, -0.05) is 0 Å². The lowest BCUT2D eigenvalue weighted by molar-refractivity contribution is -0.251. The highest BCUT2D eigenvalue weighted by Crippen LogP contribution is 2.36. The van der Waals surface area contributed by atoms with Crippen molar-refractivity contribution >= 4 is 6.09 Å². The summed E-state index contributed by atoms with van der Waals surface area (Å²) >= 11 is 0. The molecule has 106 valence electrons.